The number of aliphatic hydroxyl groups is 1. The number of benzene rings is 1. The predicted molar refractivity (Wildman–Crippen MR) is 134 cm³/mol. The van der Waals surface area contributed by atoms with Crippen LogP contribution in [0.1, 0.15) is 42.7 Å². The van der Waals surface area contributed by atoms with Gasteiger partial charge in [0.2, 0.25) is 0 Å². The van der Waals surface area contributed by atoms with E-state index in [1.165, 1.54) is 11.7 Å². The van der Waals surface area contributed by atoms with Gasteiger partial charge in [0.15, 0.2) is 5.69 Å². The number of urea groups is 1. The molecule has 2 aromatic rings. The molecule has 180 valence electrons. The van der Waals surface area contributed by atoms with Crippen molar-refractivity contribution < 1.29 is 14.7 Å². The van der Waals surface area contributed by atoms with Crippen LogP contribution in [-0.2, 0) is 0 Å². The van der Waals surface area contributed by atoms with E-state index in [-0.39, 0.29) is 17.0 Å². The van der Waals surface area contributed by atoms with Crippen molar-refractivity contribution in [3.63, 3.8) is 0 Å². The van der Waals surface area contributed by atoms with Crippen molar-refractivity contribution in [2.24, 2.45) is 5.41 Å². The van der Waals surface area contributed by atoms with Crippen LogP contribution in [-0.4, -0.2) is 46.0 Å². The van der Waals surface area contributed by atoms with Crippen LogP contribution in [0, 0.1) is 12.3 Å². The molecule has 0 bridgehead atoms. The lowest BCUT2D eigenvalue weighted by molar-refractivity contribution is 0.0929. The summed E-state index contributed by atoms with van der Waals surface area (Å²) in [4.78, 5) is 25.4. The SMILES string of the molecule is C=C1/C=C\C=C/C[C@@H](NC(=O)Nc2c(C)c(C(=O)NC)nn2-c2ccccc2)[C@H](O)CC1(C)C. The Morgan fingerprint density at radius 3 is 2.59 bits per heavy atom. The van der Waals surface area contributed by atoms with Gasteiger partial charge in [-0.2, -0.15) is 5.10 Å². The van der Waals surface area contributed by atoms with Gasteiger partial charge in [-0.25, -0.2) is 9.48 Å². The number of allylic oxidation sites excluding steroid dienone is 4. The van der Waals surface area contributed by atoms with Crippen LogP contribution < -0.4 is 16.0 Å². The van der Waals surface area contributed by atoms with E-state index in [4.69, 9.17) is 0 Å². The lowest BCUT2D eigenvalue weighted by Gasteiger charge is -2.32. The Hall–Kier alpha value is -3.65. The second-order valence-corrected chi connectivity index (χ2v) is 9.06. The summed E-state index contributed by atoms with van der Waals surface area (Å²) in [6, 6.07) is 8.24. The molecule has 1 heterocycles. The van der Waals surface area contributed by atoms with Crippen molar-refractivity contribution >= 4 is 17.8 Å². The van der Waals surface area contributed by atoms with Crippen LogP contribution in [0.2, 0.25) is 0 Å². The average molecular weight is 464 g/mol. The van der Waals surface area contributed by atoms with Gasteiger partial charge in [0, 0.05) is 12.6 Å². The van der Waals surface area contributed by atoms with Gasteiger partial charge in [-0.15, -0.1) is 0 Å². The maximum atomic E-state index is 13.1. The first-order chi connectivity index (χ1) is 16.1. The maximum Gasteiger partial charge on any atom is 0.320 e. The number of aliphatic hydroxyl groups excluding tert-OH is 1. The minimum atomic E-state index is -0.782. The molecule has 0 unspecified atom stereocenters. The van der Waals surface area contributed by atoms with Crippen molar-refractivity contribution in [1.82, 2.24) is 20.4 Å². The highest BCUT2D eigenvalue weighted by atomic mass is 16.3. The van der Waals surface area contributed by atoms with Crippen LogP contribution in [0.25, 0.3) is 5.69 Å². The van der Waals surface area contributed by atoms with Gasteiger partial charge in [0.1, 0.15) is 5.82 Å². The van der Waals surface area contributed by atoms with Crippen molar-refractivity contribution in [3.8, 4) is 5.69 Å². The third kappa shape index (κ3) is 5.63. The Bertz CT molecular complexity index is 1110. The molecule has 2 atom stereocenters. The van der Waals surface area contributed by atoms with E-state index in [0.29, 0.717) is 29.9 Å². The predicted octanol–water partition coefficient (Wildman–Crippen LogP) is 3.88. The Labute approximate surface area is 200 Å². The molecule has 0 aliphatic heterocycles. The fraction of sp³-hybridized carbons (Fsp3) is 0.346. The van der Waals surface area contributed by atoms with Gasteiger partial charge in [-0.05, 0) is 42.9 Å². The highest BCUT2D eigenvalue weighted by molar-refractivity contribution is 5.97. The largest absolute Gasteiger partial charge is 0.391 e. The zero-order valence-corrected chi connectivity index (χ0v) is 20.1. The van der Waals surface area contributed by atoms with Gasteiger partial charge in [0.25, 0.3) is 5.91 Å². The molecule has 34 heavy (non-hydrogen) atoms. The third-order valence-electron chi connectivity index (χ3n) is 6.10. The van der Waals surface area contributed by atoms with Crippen LogP contribution in [0.15, 0.2) is 66.8 Å². The summed E-state index contributed by atoms with van der Waals surface area (Å²) in [5, 5.41) is 23.7. The minimum absolute atomic E-state index is 0.218. The molecule has 1 aliphatic rings. The Morgan fingerprint density at radius 2 is 1.91 bits per heavy atom. The molecule has 1 aromatic heterocycles. The van der Waals surface area contributed by atoms with E-state index in [1.54, 1.807) is 6.92 Å². The first-order valence-corrected chi connectivity index (χ1v) is 11.3. The van der Waals surface area contributed by atoms with E-state index < -0.39 is 18.2 Å². The second kappa shape index (κ2) is 10.5. The van der Waals surface area contributed by atoms with Crippen molar-refractivity contribution in [1.29, 1.82) is 0 Å². The standard InChI is InChI=1S/C26H33N5O3/c1-17-12-8-6-11-15-20(21(32)16-26(17,3)4)28-25(34)29-23-18(2)22(24(33)27-5)30-31(23)19-13-9-7-10-14-19/h6-14,20-21,32H,1,15-16H2,2-5H3,(H,27,33)(H2,28,29,34)/b11-6-,12-8-/t20-,21-/m1/s1. The molecule has 0 spiro atoms. The maximum absolute atomic E-state index is 13.1. The number of hydrogen-bond donors (Lipinski definition) is 4. The molecule has 0 saturated heterocycles. The molecule has 3 amide bonds. The van der Waals surface area contributed by atoms with Crippen LogP contribution in [0.3, 0.4) is 0 Å². The fourth-order valence-corrected chi connectivity index (χ4v) is 3.85. The molecular formula is C26H33N5O3. The second-order valence-electron chi connectivity index (χ2n) is 9.06. The number of nitrogens with one attached hydrogen (secondary N) is 3. The zero-order valence-electron chi connectivity index (χ0n) is 20.1. The highest BCUT2D eigenvalue weighted by Crippen LogP contribution is 2.33. The van der Waals surface area contributed by atoms with Gasteiger partial charge >= 0.3 is 6.03 Å². The van der Waals surface area contributed by atoms with Crippen LogP contribution >= 0.6 is 0 Å². The normalized spacial score (nSPS) is 21.9. The summed E-state index contributed by atoms with van der Waals surface area (Å²) in [7, 11) is 1.53. The van der Waals surface area contributed by atoms with E-state index in [0.717, 1.165) is 5.57 Å². The van der Waals surface area contributed by atoms with E-state index in [2.05, 4.69) is 27.6 Å². The summed E-state index contributed by atoms with van der Waals surface area (Å²) in [6.07, 6.45) is 7.77. The highest BCUT2D eigenvalue weighted by Gasteiger charge is 2.30. The molecule has 1 aromatic carbocycles. The van der Waals surface area contributed by atoms with Crippen molar-refractivity contribution in [2.75, 3.05) is 12.4 Å². The minimum Gasteiger partial charge on any atom is -0.391 e. The van der Waals surface area contributed by atoms with Crippen molar-refractivity contribution in [3.05, 3.63) is 78.0 Å². The number of nitrogens with zero attached hydrogens (tertiary/aromatic N) is 2. The molecule has 3 rings (SSSR count). The number of rotatable bonds is 4. The third-order valence-corrected chi connectivity index (χ3v) is 6.10. The van der Waals surface area contributed by atoms with Gasteiger partial charge in [-0.1, -0.05) is 62.9 Å². The Balaban J connectivity index is 1.86. The molecule has 0 fully saturated rings. The average Bonchev–Trinajstić information content (AvgIpc) is 3.13. The Morgan fingerprint density at radius 1 is 1.21 bits per heavy atom. The first kappa shape index (κ1) is 25.0. The summed E-state index contributed by atoms with van der Waals surface area (Å²) >= 11 is 0. The van der Waals surface area contributed by atoms with Gasteiger partial charge < -0.3 is 15.7 Å². The summed E-state index contributed by atoms with van der Waals surface area (Å²) in [5.41, 5.74) is 2.03. The van der Waals surface area contributed by atoms with Gasteiger partial charge in [0.05, 0.1) is 17.8 Å². The quantitative estimate of drug-likeness (QED) is 0.552. The van der Waals surface area contributed by atoms with Crippen LogP contribution in [0.5, 0.6) is 0 Å². The molecule has 8 nitrogen and oxygen atoms in total. The number of amides is 3. The van der Waals surface area contributed by atoms with E-state index in [9.17, 15) is 14.7 Å². The summed E-state index contributed by atoms with van der Waals surface area (Å²) in [5.74, 6) is 0.0305. The summed E-state index contributed by atoms with van der Waals surface area (Å²) < 4.78 is 1.53. The molecule has 4 N–H and O–H groups in total. The van der Waals surface area contributed by atoms with Crippen molar-refractivity contribution in [2.45, 2.75) is 45.8 Å². The number of aromatic nitrogens is 2. The zero-order chi connectivity index (χ0) is 24.9. The lowest BCUT2D eigenvalue weighted by Crippen LogP contribution is -2.46. The lowest BCUT2D eigenvalue weighted by atomic mass is 9.78. The molecule has 1 aliphatic carbocycles. The van der Waals surface area contributed by atoms with Gasteiger partial charge in [-0.3, -0.25) is 10.1 Å². The smallest absolute Gasteiger partial charge is 0.320 e. The topological polar surface area (TPSA) is 108 Å². The Kier molecular flexibility index (Phi) is 7.73. The number of anilines is 1. The number of hydrogen-bond acceptors (Lipinski definition) is 4. The molecule has 0 saturated carbocycles. The summed E-state index contributed by atoms with van der Waals surface area (Å²) in [6.45, 7) is 9.89. The number of carbonyl (C=O) groups excluding carboxylic acids is 2. The monoisotopic (exact) mass is 463 g/mol. The van der Waals surface area contributed by atoms with E-state index >= 15 is 0 Å². The number of carbonyl (C=O) groups is 2. The number of para-hydroxylation sites is 1. The van der Waals surface area contributed by atoms with E-state index in [1.807, 2.05) is 68.5 Å². The molecule has 0 radical (unpaired) electrons. The molecule has 8 heteroatoms. The first-order valence-electron chi connectivity index (χ1n) is 11.3. The fourth-order valence-electron chi connectivity index (χ4n) is 3.85. The molecular weight excluding hydrogens is 430 g/mol. The van der Waals surface area contributed by atoms with Crippen LogP contribution in [0.4, 0.5) is 10.6 Å².